The van der Waals surface area contributed by atoms with E-state index in [0.717, 1.165) is 10.5 Å². The summed E-state index contributed by atoms with van der Waals surface area (Å²) in [7, 11) is 0. The molecule has 1 aromatic carbocycles. The lowest BCUT2D eigenvalue weighted by molar-refractivity contribution is 0.196. The highest BCUT2D eigenvalue weighted by atomic mass is 32.2. The molecule has 0 heterocycles. The smallest absolute Gasteiger partial charge is 0.0772 e. The maximum Gasteiger partial charge on any atom is 0.0772 e. The number of benzene rings is 1. The quantitative estimate of drug-likeness (QED) is 0.752. The van der Waals surface area contributed by atoms with Crippen molar-refractivity contribution in [2.45, 2.75) is 30.1 Å². The fourth-order valence-electron chi connectivity index (χ4n) is 1.19. The first-order chi connectivity index (χ1) is 6.65. The molecule has 3 heteroatoms. The van der Waals surface area contributed by atoms with Gasteiger partial charge in [-0.3, -0.25) is 0 Å². The van der Waals surface area contributed by atoms with Crippen molar-refractivity contribution in [2.75, 3.05) is 6.61 Å². The molecule has 0 aromatic heterocycles. The monoisotopic (exact) mass is 212 g/mol. The van der Waals surface area contributed by atoms with Crippen molar-refractivity contribution in [3.63, 3.8) is 0 Å². The van der Waals surface area contributed by atoms with Gasteiger partial charge in [0.15, 0.2) is 0 Å². The van der Waals surface area contributed by atoms with Gasteiger partial charge in [-0.1, -0.05) is 25.1 Å². The SMILES string of the molecule is CC(CO)Sc1ccccc1[C@H](C)O. The fraction of sp³-hybridized carbons (Fsp3) is 0.455. The summed E-state index contributed by atoms with van der Waals surface area (Å²) in [6.45, 7) is 3.87. The highest BCUT2D eigenvalue weighted by Gasteiger charge is 2.10. The average molecular weight is 212 g/mol. The van der Waals surface area contributed by atoms with Crippen LogP contribution in [0.3, 0.4) is 0 Å². The normalized spacial score (nSPS) is 15.1. The molecule has 0 spiro atoms. The molecule has 78 valence electrons. The highest BCUT2D eigenvalue weighted by molar-refractivity contribution is 8.00. The molecule has 2 N–H and O–H groups in total. The number of hydrogen-bond acceptors (Lipinski definition) is 3. The molecule has 2 atom stereocenters. The van der Waals surface area contributed by atoms with Crippen LogP contribution in [0.5, 0.6) is 0 Å². The van der Waals surface area contributed by atoms with Crippen LogP contribution < -0.4 is 0 Å². The van der Waals surface area contributed by atoms with Crippen molar-refractivity contribution in [2.24, 2.45) is 0 Å². The van der Waals surface area contributed by atoms with E-state index in [1.165, 1.54) is 0 Å². The number of rotatable bonds is 4. The predicted octanol–water partition coefficient (Wildman–Crippen LogP) is 2.21. The van der Waals surface area contributed by atoms with E-state index >= 15 is 0 Å². The zero-order valence-electron chi connectivity index (χ0n) is 8.47. The van der Waals surface area contributed by atoms with Gasteiger partial charge in [0.25, 0.3) is 0 Å². The minimum absolute atomic E-state index is 0.152. The lowest BCUT2D eigenvalue weighted by atomic mass is 10.1. The molecule has 0 saturated heterocycles. The molecule has 1 rings (SSSR count). The summed E-state index contributed by atoms with van der Waals surface area (Å²) < 4.78 is 0. The Morgan fingerprint density at radius 3 is 2.50 bits per heavy atom. The van der Waals surface area contributed by atoms with Crippen molar-refractivity contribution >= 4 is 11.8 Å². The minimum atomic E-state index is -0.454. The molecule has 0 saturated carbocycles. The first kappa shape index (κ1) is 11.6. The molecule has 0 aliphatic heterocycles. The molecule has 0 radical (unpaired) electrons. The molecular formula is C11H16O2S. The van der Waals surface area contributed by atoms with Crippen molar-refractivity contribution in [1.82, 2.24) is 0 Å². The maximum atomic E-state index is 9.51. The van der Waals surface area contributed by atoms with Crippen LogP contribution in [-0.4, -0.2) is 22.1 Å². The van der Waals surface area contributed by atoms with Crippen molar-refractivity contribution in [3.05, 3.63) is 29.8 Å². The van der Waals surface area contributed by atoms with Crippen LogP contribution in [0.15, 0.2) is 29.2 Å². The minimum Gasteiger partial charge on any atom is -0.395 e. The fourth-order valence-corrected chi connectivity index (χ4v) is 2.23. The number of aliphatic hydroxyl groups is 2. The van der Waals surface area contributed by atoms with Crippen LogP contribution in [0.2, 0.25) is 0 Å². The summed E-state index contributed by atoms with van der Waals surface area (Å²) in [6.07, 6.45) is -0.454. The molecule has 1 aromatic rings. The Bertz CT molecular complexity index is 286. The molecular weight excluding hydrogens is 196 g/mol. The Kier molecular flexibility index (Phi) is 4.45. The molecule has 14 heavy (non-hydrogen) atoms. The van der Waals surface area contributed by atoms with E-state index in [-0.39, 0.29) is 11.9 Å². The van der Waals surface area contributed by atoms with Gasteiger partial charge in [-0.05, 0) is 18.6 Å². The molecule has 0 aliphatic carbocycles. The number of thioether (sulfide) groups is 1. The van der Waals surface area contributed by atoms with E-state index in [1.54, 1.807) is 18.7 Å². The first-order valence-corrected chi connectivity index (χ1v) is 5.57. The van der Waals surface area contributed by atoms with E-state index in [4.69, 9.17) is 5.11 Å². The van der Waals surface area contributed by atoms with E-state index in [1.807, 2.05) is 31.2 Å². The molecule has 0 amide bonds. The van der Waals surface area contributed by atoms with Crippen molar-refractivity contribution in [1.29, 1.82) is 0 Å². The molecule has 0 fully saturated rings. The molecule has 1 unspecified atom stereocenters. The van der Waals surface area contributed by atoms with Crippen LogP contribution in [0.25, 0.3) is 0 Å². The van der Waals surface area contributed by atoms with Crippen molar-refractivity contribution in [3.8, 4) is 0 Å². The van der Waals surface area contributed by atoms with E-state index in [2.05, 4.69) is 0 Å². The van der Waals surface area contributed by atoms with Gasteiger partial charge in [0, 0.05) is 10.1 Å². The van der Waals surface area contributed by atoms with Crippen LogP contribution in [0, 0.1) is 0 Å². The average Bonchev–Trinajstić information content (AvgIpc) is 2.18. The summed E-state index contributed by atoms with van der Waals surface area (Å²) in [4.78, 5) is 1.05. The standard InChI is InChI=1S/C11H16O2S/c1-8(7-12)14-11-6-4-3-5-10(11)9(2)13/h3-6,8-9,12-13H,7H2,1-2H3/t8?,9-/m0/s1. The Labute approximate surface area is 89.0 Å². The van der Waals surface area contributed by atoms with Gasteiger partial charge in [-0.25, -0.2) is 0 Å². The van der Waals surface area contributed by atoms with Gasteiger partial charge in [0.1, 0.15) is 0 Å². The molecule has 2 nitrogen and oxygen atoms in total. The second-order valence-corrected chi connectivity index (χ2v) is 4.81. The summed E-state index contributed by atoms with van der Waals surface area (Å²) in [5, 5.41) is 18.6. The Hall–Kier alpha value is -0.510. The zero-order valence-corrected chi connectivity index (χ0v) is 9.29. The lowest BCUT2D eigenvalue weighted by Gasteiger charge is -2.13. The summed E-state index contributed by atoms with van der Waals surface area (Å²) in [5.41, 5.74) is 0.929. The third kappa shape index (κ3) is 3.01. The van der Waals surface area contributed by atoms with E-state index in [9.17, 15) is 5.11 Å². The third-order valence-electron chi connectivity index (χ3n) is 1.95. The second-order valence-electron chi connectivity index (χ2n) is 3.32. The second kappa shape index (κ2) is 5.39. The Morgan fingerprint density at radius 2 is 1.93 bits per heavy atom. The zero-order chi connectivity index (χ0) is 10.6. The Morgan fingerprint density at radius 1 is 1.29 bits per heavy atom. The van der Waals surface area contributed by atoms with Crippen LogP contribution >= 0.6 is 11.8 Å². The number of aliphatic hydroxyl groups excluding tert-OH is 2. The third-order valence-corrected chi connectivity index (χ3v) is 3.13. The molecule has 0 bridgehead atoms. The molecule has 0 aliphatic rings. The van der Waals surface area contributed by atoms with Crippen LogP contribution in [0.4, 0.5) is 0 Å². The maximum absolute atomic E-state index is 9.51. The van der Waals surface area contributed by atoms with Gasteiger partial charge < -0.3 is 10.2 Å². The summed E-state index contributed by atoms with van der Waals surface area (Å²) >= 11 is 1.59. The van der Waals surface area contributed by atoms with E-state index in [0.29, 0.717) is 0 Å². The topological polar surface area (TPSA) is 40.5 Å². The van der Waals surface area contributed by atoms with Gasteiger partial charge in [-0.2, -0.15) is 0 Å². The largest absolute Gasteiger partial charge is 0.395 e. The van der Waals surface area contributed by atoms with Crippen LogP contribution in [-0.2, 0) is 0 Å². The summed E-state index contributed by atoms with van der Waals surface area (Å²) in [5.74, 6) is 0. The lowest BCUT2D eigenvalue weighted by Crippen LogP contribution is -2.03. The summed E-state index contributed by atoms with van der Waals surface area (Å²) in [6, 6.07) is 7.74. The van der Waals surface area contributed by atoms with Gasteiger partial charge in [0.05, 0.1) is 12.7 Å². The van der Waals surface area contributed by atoms with Gasteiger partial charge >= 0.3 is 0 Å². The predicted molar refractivity (Wildman–Crippen MR) is 59.5 cm³/mol. The van der Waals surface area contributed by atoms with Crippen LogP contribution in [0.1, 0.15) is 25.5 Å². The van der Waals surface area contributed by atoms with Crippen molar-refractivity contribution < 1.29 is 10.2 Å². The Balaban J connectivity index is 2.84. The van der Waals surface area contributed by atoms with Gasteiger partial charge in [0.2, 0.25) is 0 Å². The van der Waals surface area contributed by atoms with E-state index < -0.39 is 6.10 Å². The highest BCUT2D eigenvalue weighted by Crippen LogP contribution is 2.29. The number of hydrogen-bond donors (Lipinski definition) is 2. The van der Waals surface area contributed by atoms with Gasteiger partial charge in [-0.15, -0.1) is 11.8 Å². The first-order valence-electron chi connectivity index (χ1n) is 4.69.